The highest BCUT2D eigenvalue weighted by Gasteiger charge is 2.25. The molecule has 0 aliphatic carbocycles. The molecule has 4 aromatic heterocycles. The Morgan fingerprint density at radius 3 is 1.57 bits per heavy atom. The van der Waals surface area contributed by atoms with Crippen LogP contribution in [0.3, 0.4) is 0 Å². The number of aromatic nitrogens is 2. The standard InChI is InChI=1S/C51H25N5O2/c1-54-42-26-45(56-44-15-7-3-11-34(44)38-21-23-40-36-13-5-9-17-47(36)58-51(40)49(38)56)41(25-30(42)28-53)32-19-18-31(24-29(32)27-52)55-43-14-6-2-10-33(43)37-20-22-39-35-12-4-8-16-46(35)57-50(39)48(37)55/h2-26H. The largest absolute Gasteiger partial charge is 0.454 e. The maximum absolute atomic E-state index is 11.0. The van der Waals surface area contributed by atoms with E-state index in [0.29, 0.717) is 28.0 Å². The molecule has 0 fully saturated rings. The Balaban J connectivity index is 1.16. The summed E-state index contributed by atoms with van der Waals surface area (Å²) in [5, 5.41) is 29.5. The Kier molecular flexibility index (Phi) is 6.41. The van der Waals surface area contributed by atoms with Crippen molar-refractivity contribution < 1.29 is 8.83 Å². The second-order valence-electron chi connectivity index (χ2n) is 14.5. The van der Waals surface area contributed by atoms with Gasteiger partial charge in [-0.3, -0.25) is 0 Å². The lowest BCUT2D eigenvalue weighted by molar-refractivity contribution is 0.670. The first-order valence-electron chi connectivity index (χ1n) is 18.8. The van der Waals surface area contributed by atoms with E-state index in [2.05, 4.69) is 86.8 Å². The van der Waals surface area contributed by atoms with Crippen LogP contribution < -0.4 is 0 Å². The van der Waals surface area contributed by atoms with Gasteiger partial charge in [-0.15, -0.1) is 0 Å². The molecule has 0 saturated carbocycles. The van der Waals surface area contributed by atoms with Crippen LogP contribution in [-0.4, -0.2) is 9.13 Å². The molecule has 0 bridgehead atoms. The zero-order valence-electron chi connectivity index (χ0n) is 30.5. The minimum absolute atomic E-state index is 0.222. The van der Waals surface area contributed by atoms with Crippen molar-refractivity contribution >= 4 is 93.2 Å². The van der Waals surface area contributed by atoms with Gasteiger partial charge in [0.2, 0.25) is 5.69 Å². The average molecular weight is 740 g/mol. The van der Waals surface area contributed by atoms with Gasteiger partial charge in [0.1, 0.15) is 11.2 Å². The van der Waals surface area contributed by atoms with E-state index >= 15 is 0 Å². The van der Waals surface area contributed by atoms with Crippen LogP contribution in [0.15, 0.2) is 160 Å². The smallest absolute Gasteiger partial charge is 0.206 e. The fraction of sp³-hybridized carbons (Fsp3) is 0. The minimum Gasteiger partial charge on any atom is -0.454 e. The van der Waals surface area contributed by atoms with Crippen LogP contribution in [0.5, 0.6) is 0 Å². The number of fused-ring (bicyclic) bond motifs is 14. The van der Waals surface area contributed by atoms with E-state index < -0.39 is 0 Å². The fourth-order valence-corrected chi connectivity index (χ4v) is 9.14. The van der Waals surface area contributed by atoms with Gasteiger partial charge in [-0.1, -0.05) is 91.0 Å². The van der Waals surface area contributed by atoms with Crippen molar-refractivity contribution in [3.63, 3.8) is 0 Å². The van der Waals surface area contributed by atoms with Gasteiger partial charge < -0.3 is 18.0 Å². The first-order chi connectivity index (χ1) is 28.6. The molecule has 0 spiro atoms. The van der Waals surface area contributed by atoms with Crippen LogP contribution in [-0.2, 0) is 0 Å². The van der Waals surface area contributed by atoms with Crippen LogP contribution in [0, 0.1) is 29.2 Å². The summed E-state index contributed by atoms with van der Waals surface area (Å²) in [6, 6.07) is 55.1. The van der Waals surface area contributed by atoms with Crippen LogP contribution in [0.25, 0.3) is 115 Å². The SMILES string of the molecule is [C-]#[N+]c1cc(-n2c3ccccc3c3ccc4c5ccccc5oc4c32)c(-c2ccc(-n3c4ccccc4c4ccc5c6ccccc6oc5c43)cc2C#N)cc1C#N. The van der Waals surface area contributed by atoms with Crippen LogP contribution in [0.2, 0.25) is 0 Å². The summed E-state index contributed by atoms with van der Waals surface area (Å²) in [5.74, 6) is 0. The molecule has 0 saturated heterocycles. The second-order valence-corrected chi connectivity index (χ2v) is 14.5. The highest BCUT2D eigenvalue weighted by molar-refractivity contribution is 6.23. The molecule has 7 nitrogen and oxygen atoms in total. The number of hydrogen-bond acceptors (Lipinski definition) is 4. The molecule has 7 heteroatoms. The number of furan rings is 2. The predicted octanol–water partition coefficient (Wildman–Crippen LogP) is 13.6. The summed E-state index contributed by atoms with van der Waals surface area (Å²) in [5.41, 5.74) is 10.3. The maximum Gasteiger partial charge on any atom is 0.206 e. The molecule has 0 N–H and O–H groups in total. The molecular formula is C51H25N5O2. The first kappa shape index (κ1) is 31.7. The highest BCUT2D eigenvalue weighted by Crippen LogP contribution is 2.45. The summed E-state index contributed by atoms with van der Waals surface area (Å²) in [4.78, 5) is 3.81. The molecule has 8 aromatic carbocycles. The lowest BCUT2D eigenvalue weighted by Gasteiger charge is -2.18. The van der Waals surface area contributed by atoms with Gasteiger partial charge in [-0.2, -0.15) is 10.5 Å². The van der Waals surface area contributed by atoms with Gasteiger partial charge >= 0.3 is 0 Å². The third-order valence-electron chi connectivity index (χ3n) is 11.6. The highest BCUT2D eigenvalue weighted by atomic mass is 16.3. The summed E-state index contributed by atoms with van der Waals surface area (Å²) >= 11 is 0. The van der Waals surface area contributed by atoms with Crippen LogP contribution in [0.1, 0.15) is 11.1 Å². The normalized spacial score (nSPS) is 11.7. The lowest BCUT2D eigenvalue weighted by Crippen LogP contribution is -2.01. The number of benzene rings is 8. The maximum atomic E-state index is 11.0. The minimum atomic E-state index is 0.222. The Hall–Kier alpha value is -8.57. The van der Waals surface area contributed by atoms with E-state index in [9.17, 15) is 10.5 Å². The molecule has 266 valence electrons. The van der Waals surface area contributed by atoms with Crippen molar-refractivity contribution in [3.8, 4) is 34.6 Å². The van der Waals surface area contributed by atoms with Crippen molar-refractivity contribution in [2.75, 3.05) is 0 Å². The molecule has 0 atom stereocenters. The van der Waals surface area contributed by atoms with Gasteiger partial charge in [-0.25, -0.2) is 4.85 Å². The van der Waals surface area contributed by atoms with E-state index in [1.54, 1.807) is 12.1 Å². The number of nitriles is 2. The van der Waals surface area contributed by atoms with E-state index in [-0.39, 0.29) is 11.3 Å². The Morgan fingerprint density at radius 2 is 0.983 bits per heavy atom. The Bertz CT molecular complexity index is 3910. The quantitative estimate of drug-likeness (QED) is 0.169. The third kappa shape index (κ3) is 4.18. The number of para-hydroxylation sites is 4. The Morgan fingerprint density at radius 1 is 0.466 bits per heavy atom. The molecule has 12 rings (SSSR count). The second kappa shape index (κ2) is 11.7. The van der Waals surface area contributed by atoms with Crippen molar-refractivity contribution in [3.05, 3.63) is 174 Å². The summed E-state index contributed by atoms with van der Waals surface area (Å²) in [6.45, 7) is 8.11. The monoisotopic (exact) mass is 739 g/mol. The summed E-state index contributed by atoms with van der Waals surface area (Å²) in [6.07, 6.45) is 0. The van der Waals surface area contributed by atoms with Crippen molar-refractivity contribution in [2.24, 2.45) is 0 Å². The van der Waals surface area contributed by atoms with E-state index in [1.807, 2.05) is 78.9 Å². The molecule has 0 amide bonds. The Labute approximate surface area is 329 Å². The number of rotatable bonds is 3. The molecule has 58 heavy (non-hydrogen) atoms. The van der Waals surface area contributed by atoms with Crippen molar-refractivity contribution in [1.82, 2.24) is 9.13 Å². The van der Waals surface area contributed by atoms with Gasteiger partial charge in [0.15, 0.2) is 11.2 Å². The third-order valence-corrected chi connectivity index (χ3v) is 11.6. The van der Waals surface area contributed by atoms with E-state index in [1.165, 1.54) is 0 Å². The molecule has 0 radical (unpaired) electrons. The topological polar surface area (TPSA) is 88.1 Å². The van der Waals surface area contributed by atoms with E-state index in [4.69, 9.17) is 15.4 Å². The molecule has 0 aliphatic heterocycles. The number of hydrogen-bond donors (Lipinski definition) is 0. The summed E-state index contributed by atoms with van der Waals surface area (Å²) < 4.78 is 17.5. The average Bonchev–Trinajstić information content (AvgIpc) is 4.03. The number of nitrogens with zero attached hydrogens (tertiary/aromatic N) is 5. The van der Waals surface area contributed by atoms with Gasteiger partial charge in [-0.05, 0) is 60.7 Å². The molecule has 12 aromatic rings. The molecule has 4 heterocycles. The van der Waals surface area contributed by atoms with Gasteiger partial charge in [0, 0.05) is 65.6 Å². The van der Waals surface area contributed by atoms with Crippen LogP contribution in [0.4, 0.5) is 5.69 Å². The van der Waals surface area contributed by atoms with Gasteiger partial charge in [0.05, 0.1) is 51.9 Å². The molecule has 0 aliphatic rings. The molecular weight excluding hydrogens is 715 g/mol. The lowest BCUT2D eigenvalue weighted by atomic mass is 9.95. The first-order valence-corrected chi connectivity index (χ1v) is 18.8. The molecule has 0 unspecified atom stereocenters. The van der Waals surface area contributed by atoms with Crippen molar-refractivity contribution in [1.29, 1.82) is 10.5 Å². The van der Waals surface area contributed by atoms with Gasteiger partial charge in [0.25, 0.3) is 0 Å². The van der Waals surface area contributed by atoms with E-state index in [0.717, 1.165) is 87.6 Å². The zero-order valence-corrected chi connectivity index (χ0v) is 30.5. The summed E-state index contributed by atoms with van der Waals surface area (Å²) in [7, 11) is 0. The fourth-order valence-electron chi connectivity index (χ4n) is 9.14. The van der Waals surface area contributed by atoms with Crippen molar-refractivity contribution in [2.45, 2.75) is 0 Å². The zero-order chi connectivity index (χ0) is 38.6. The predicted molar refractivity (Wildman–Crippen MR) is 231 cm³/mol. The van der Waals surface area contributed by atoms with Crippen LogP contribution >= 0.6 is 0 Å².